The summed E-state index contributed by atoms with van der Waals surface area (Å²) < 4.78 is 13.6. The first-order valence-corrected chi connectivity index (χ1v) is 6.32. The number of halogens is 1. The van der Waals surface area contributed by atoms with Crippen molar-refractivity contribution in [1.82, 2.24) is 15.3 Å². The SMILES string of the molecule is CNc1c(F)cccc1C(=O)NN1CCN(C)CC1. The number of hydrogen-bond donors (Lipinski definition) is 2. The Labute approximate surface area is 112 Å². The van der Waals surface area contributed by atoms with Crippen LogP contribution in [0.1, 0.15) is 10.4 Å². The van der Waals surface area contributed by atoms with Crippen LogP contribution in [0.15, 0.2) is 18.2 Å². The van der Waals surface area contributed by atoms with E-state index in [1.165, 1.54) is 12.1 Å². The quantitative estimate of drug-likeness (QED) is 0.848. The first kappa shape index (κ1) is 13.8. The van der Waals surface area contributed by atoms with Crippen LogP contribution in [0.4, 0.5) is 10.1 Å². The van der Waals surface area contributed by atoms with Crippen LogP contribution in [0.2, 0.25) is 0 Å². The zero-order valence-electron chi connectivity index (χ0n) is 11.2. The number of hydrazine groups is 1. The maximum atomic E-state index is 13.6. The summed E-state index contributed by atoms with van der Waals surface area (Å²) in [7, 11) is 3.65. The summed E-state index contributed by atoms with van der Waals surface area (Å²) >= 11 is 0. The van der Waals surface area contributed by atoms with E-state index >= 15 is 0 Å². The summed E-state index contributed by atoms with van der Waals surface area (Å²) in [5, 5.41) is 4.59. The van der Waals surface area contributed by atoms with E-state index in [1.807, 2.05) is 12.1 Å². The monoisotopic (exact) mass is 266 g/mol. The molecule has 1 saturated heterocycles. The van der Waals surface area contributed by atoms with Gasteiger partial charge in [-0.3, -0.25) is 10.2 Å². The number of carbonyl (C=O) groups is 1. The van der Waals surface area contributed by atoms with Gasteiger partial charge in [0.25, 0.3) is 5.91 Å². The molecule has 1 aromatic rings. The molecule has 0 aromatic heterocycles. The zero-order valence-corrected chi connectivity index (χ0v) is 11.2. The minimum absolute atomic E-state index is 0.231. The van der Waals surface area contributed by atoms with Crippen molar-refractivity contribution < 1.29 is 9.18 Å². The van der Waals surface area contributed by atoms with Crippen LogP contribution in [-0.4, -0.2) is 56.1 Å². The van der Waals surface area contributed by atoms with Crippen molar-refractivity contribution in [3.05, 3.63) is 29.6 Å². The molecule has 0 bridgehead atoms. The van der Waals surface area contributed by atoms with Gasteiger partial charge in [-0.25, -0.2) is 9.40 Å². The molecular formula is C13H19FN4O. The van der Waals surface area contributed by atoms with Crippen molar-refractivity contribution >= 4 is 11.6 Å². The van der Waals surface area contributed by atoms with E-state index in [-0.39, 0.29) is 11.6 Å². The van der Waals surface area contributed by atoms with Crippen molar-refractivity contribution in [2.75, 3.05) is 45.6 Å². The smallest absolute Gasteiger partial charge is 0.267 e. The molecule has 1 aliphatic rings. The lowest BCUT2D eigenvalue weighted by atomic mass is 10.1. The van der Waals surface area contributed by atoms with Crippen molar-refractivity contribution in [3.63, 3.8) is 0 Å². The molecule has 0 saturated carbocycles. The molecule has 1 aromatic carbocycles. The number of hydrogen-bond acceptors (Lipinski definition) is 4. The van der Waals surface area contributed by atoms with E-state index in [0.717, 1.165) is 26.2 Å². The number of carbonyl (C=O) groups excluding carboxylic acids is 1. The van der Waals surface area contributed by atoms with E-state index in [0.29, 0.717) is 5.56 Å². The van der Waals surface area contributed by atoms with Crippen LogP contribution < -0.4 is 10.7 Å². The molecule has 1 aliphatic heterocycles. The summed E-state index contributed by atoms with van der Waals surface area (Å²) in [6.45, 7) is 3.35. The molecule has 0 unspecified atom stereocenters. The lowest BCUT2D eigenvalue weighted by molar-refractivity contribution is 0.0663. The predicted octanol–water partition coefficient (Wildman–Crippen LogP) is 0.760. The average Bonchev–Trinajstić information content (AvgIpc) is 2.41. The maximum Gasteiger partial charge on any atom is 0.267 e. The third-order valence-electron chi connectivity index (χ3n) is 3.27. The van der Waals surface area contributed by atoms with E-state index in [4.69, 9.17) is 0 Å². The molecule has 0 radical (unpaired) electrons. The molecule has 19 heavy (non-hydrogen) atoms. The summed E-state index contributed by atoms with van der Waals surface area (Å²) in [5.74, 6) is -0.707. The summed E-state index contributed by atoms with van der Waals surface area (Å²) in [6.07, 6.45) is 0. The van der Waals surface area contributed by atoms with Gasteiger partial charge in [-0.2, -0.15) is 0 Å². The molecule has 0 atom stereocenters. The first-order chi connectivity index (χ1) is 9.11. The van der Waals surface area contributed by atoms with Crippen LogP contribution in [0, 0.1) is 5.82 Å². The minimum Gasteiger partial charge on any atom is -0.385 e. The van der Waals surface area contributed by atoms with Gasteiger partial charge in [0, 0.05) is 33.2 Å². The average molecular weight is 266 g/mol. The van der Waals surface area contributed by atoms with Crippen LogP contribution in [0.25, 0.3) is 0 Å². The molecule has 2 rings (SSSR count). The second kappa shape index (κ2) is 5.99. The Kier molecular flexibility index (Phi) is 4.34. The number of anilines is 1. The highest BCUT2D eigenvalue weighted by Gasteiger charge is 2.19. The molecule has 1 fully saturated rings. The Balaban J connectivity index is 2.06. The van der Waals surface area contributed by atoms with Gasteiger partial charge in [-0.1, -0.05) is 6.07 Å². The maximum absolute atomic E-state index is 13.6. The molecule has 1 heterocycles. The number of benzene rings is 1. The van der Waals surface area contributed by atoms with E-state index in [1.54, 1.807) is 13.1 Å². The van der Waals surface area contributed by atoms with Crippen molar-refractivity contribution in [1.29, 1.82) is 0 Å². The number of piperazine rings is 1. The Morgan fingerprint density at radius 2 is 1.95 bits per heavy atom. The lowest BCUT2D eigenvalue weighted by Crippen LogP contribution is -2.52. The minimum atomic E-state index is -0.423. The molecule has 2 N–H and O–H groups in total. The summed E-state index contributed by atoms with van der Waals surface area (Å²) in [5.41, 5.74) is 3.37. The normalized spacial score (nSPS) is 17.2. The van der Waals surface area contributed by atoms with Crippen LogP contribution in [-0.2, 0) is 0 Å². The molecule has 5 nitrogen and oxygen atoms in total. The van der Waals surface area contributed by atoms with E-state index in [9.17, 15) is 9.18 Å². The van der Waals surface area contributed by atoms with Gasteiger partial charge < -0.3 is 10.2 Å². The van der Waals surface area contributed by atoms with Crippen LogP contribution >= 0.6 is 0 Å². The Morgan fingerprint density at radius 3 is 2.58 bits per heavy atom. The third-order valence-corrected chi connectivity index (χ3v) is 3.27. The highest BCUT2D eigenvalue weighted by molar-refractivity contribution is 5.99. The van der Waals surface area contributed by atoms with Gasteiger partial charge in [0.1, 0.15) is 5.82 Å². The second-order valence-electron chi connectivity index (χ2n) is 4.64. The van der Waals surface area contributed by atoms with E-state index in [2.05, 4.69) is 15.6 Å². The second-order valence-corrected chi connectivity index (χ2v) is 4.64. The molecule has 0 spiro atoms. The number of rotatable bonds is 3. The molecule has 1 amide bonds. The lowest BCUT2D eigenvalue weighted by Gasteiger charge is -2.32. The summed E-state index contributed by atoms with van der Waals surface area (Å²) in [6, 6.07) is 4.48. The Bertz CT molecular complexity index is 458. The number of likely N-dealkylation sites (N-methyl/N-ethyl adjacent to an activating group) is 1. The van der Waals surface area contributed by atoms with Gasteiger partial charge in [0.15, 0.2) is 0 Å². The van der Waals surface area contributed by atoms with Crippen LogP contribution in [0.3, 0.4) is 0 Å². The fourth-order valence-electron chi connectivity index (χ4n) is 2.09. The fraction of sp³-hybridized carbons (Fsp3) is 0.462. The predicted molar refractivity (Wildman–Crippen MR) is 72.5 cm³/mol. The van der Waals surface area contributed by atoms with Gasteiger partial charge in [-0.05, 0) is 19.2 Å². The molecular weight excluding hydrogens is 247 g/mol. The molecule has 6 heteroatoms. The highest BCUT2D eigenvalue weighted by atomic mass is 19.1. The largest absolute Gasteiger partial charge is 0.385 e. The Hall–Kier alpha value is -1.66. The zero-order chi connectivity index (χ0) is 13.8. The van der Waals surface area contributed by atoms with Gasteiger partial charge in [-0.15, -0.1) is 0 Å². The van der Waals surface area contributed by atoms with Crippen LogP contribution in [0.5, 0.6) is 0 Å². The first-order valence-electron chi connectivity index (χ1n) is 6.32. The number of nitrogens with one attached hydrogen (secondary N) is 2. The van der Waals surface area contributed by atoms with Crippen molar-refractivity contribution in [3.8, 4) is 0 Å². The highest BCUT2D eigenvalue weighted by Crippen LogP contribution is 2.19. The number of amides is 1. The van der Waals surface area contributed by atoms with Crippen molar-refractivity contribution in [2.45, 2.75) is 0 Å². The number of nitrogens with zero attached hydrogens (tertiary/aromatic N) is 2. The van der Waals surface area contributed by atoms with E-state index < -0.39 is 5.82 Å². The fourth-order valence-corrected chi connectivity index (χ4v) is 2.09. The standard InChI is InChI=1S/C13H19FN4O/c1-15-12-10(4-3-5-11(12)14)13(19)16-18-8-6-17(2)7-9-18/h3-5,15H,6-9H2,1-2H3,(H,16,19). The van der Waals surface area contributed by atoms with Gasteiger partial charge >= 0.3 is 0 Å². The third kappa shape index (κ3) is 3.21. The Morgan fingerprint density at radius 1 is 1.26 bits per heavy atom. The number of para-hydroxylation sites is 1. The topological polar surface area (TPSA) is 47.6 Å². The molecule has 104 valence electrons. The van der Waals surface area contributed by atoms with Crippen molar-refractivity contribution in [2.24, 2.45) is 0 Å². The van der Waals surface area contributed by atoms with Gasteiger partial charge in [0.05, 0.1) is 11.3 Å². The van der Waals surface area contributed by atoms with Gasteiger partial charge in [0.2, 0.25) is 0 Å². The summed E-state index contributed by atoms with van der Waals surface area (Å²) in [4.78, 5) is 14.4. The molecule has 0 aliphatic carbocycles.